The normalized spacial score (nSPS) is 10.4. The second kappa shape index (κ2) is 3.20. The zero-order valence-electron chi connectivity index (χ0n) is 6.66. The van der Waals surface area contributed by atoms with E-state index in [4.69, 9.17) is 12.6 Å². The van der Waals surface area contributed by atoms with Gasteiger partial charge >= 0.3 is 0 Å². The van der Waals surface area contributed by atoms with Crippen LogP contribution in [-0.4, -0.2) is 0 Å². The Morgan fingerprint density at radius 3 is 2.50 bits per heavy atom. The van der Waals surface area contributed by atoms with Crippen LogP contribution in [-0.2, 0) is 5.75 Å². The van der Waals surface area contributed by atoms with Gasteiger partial charge in [0.05, 0.1) is 0 Å². The lowest BCUT2D eigenvalue weighted by atomic mass is 10.1. The maximum absolute atomic E-state index is 5.05. The van der Waals surface area contributed by atoms with Gasteiger partial charge < -0.3 is 0 Å². The minimum Gasteiger partial charge on any atom is -0.0890 e. The fourth-order valence-corrected chi connectivity index (χ4v) is 1.67. The molecule has 0 aliphatic heterocycles. The second-order valence-electron chi connectivity index (χ2n) is 2.78. The van der Waals surface area contributed by atoms with Crippen LogP contribution < -0.4 is 0 Å². The predicted molar refractivity (Wildman–Crippen MR) is 55.2 cm³/mol. The highest BCUT2D eigenvalue weighted by Crippen LogP contribution is 2.19. The SMILES string of the molecule is [S]Cc1cccc2ccccc12. The van der Waals surface area contributed by atoms with E-state index in [-0.39, 0.29) is 0 Å². The third-order valence-corrected chi connectivity index (χ3v) is 2.35. The quantitative estimate of drug-likeness (QED) is 0.618. The van der Waals surface area contributed by atoms with Crippen LogP contribution in [0.3, 0.4) is 0 Å². The largest absolute Gasteiger partial charge is 0.0890 e. The summed E-state index contributed by atoms with van der Waals surface area (Å²) in [6, 6.07) is 14.6. The van der Waals surface area contributed by atoms with Gasteiger partial charge in [0, 0.05) is 5.75 Å². The molecule has 0 saturated heterocycles. The first kappa shape index (κ1) is 7.69. The lowest BCUT2D eigenvalue weighted by Crippen LogP contribution is -1.80. The van der Waals surface area contributed by atoms with E-state index in [1.807, 2.05) is 0 Å². The summed E-state index contributed by atoms with van der Waals surface area (Å²) in [5.74, 6) is 0.696. The molecule has 12 heavy (non-hydrogen) atoms. The molecule has 2 rings (SSSR count). The highest BCUT2D eigenvalue weighted by Gasteiger charge is 1.96. The smallest absolute Gasteiger partial charge is 0.0295 e. The first-order chi connectivity index (χ1) is 5.92. The Morgan fingerprint density at radius 1 is 0.917 bits per heavy atom. The zero-order valence-corrected chi connectivity index (χ0v) is 7.47. The van der Waals surface area contributed by atoms with Crippen molar-refractivity contribution in [1.82, 2.24) is 0 Å². The van der Waals surface area contributed by atoms with E-state index in [2.05, 4.69) is 42.5 Å². The predicted octanol–water partition coefficient (Wildman–Crippen LogP) is 3.54. The van der Waals surface area contributed by atoms with Crippen LogP contribution in [0.2, 0.25) is 0 Å². The van der Waals surface area contributed by atoms with Crippen LogP contribution >= 0.6 is 12.6 Å². The van der Waals surface area contributed by atoms with Gasteiger partial charge in [0.25, 0.3) is 0 Å². The fourth-order valence-electron chi connectivity index (χ4n) is 1.42. The number of hydrogen-bond donors (Lipinski definition) is 0. The molecule has 0 amide bonds. The lowest BCUT2D eigenvalue weighted by Gasteiger charge is -2.01. The molecule has 0 unspecified atom stereocenters. The van der Waals surface area contributed by atoms with Crippen molar-refractivity contribution < 1.29 is 0 Å². The van der Waals surface area contributed by atoms with Crippen LogP contribution in [0.1, 0.15) is 5.56 Å². The van der Waals surface area contributed by atoms with Crippen molar-refractivity contribution in [2.24, 2.45) is 0 Å². The molecule has 0 bridgehead atoms. The number of fused-ring (bicyclic) bond motifs is 1. The molecule has 1 heteroatoms. The van der Waals surface area contributed by atoms with Crippen LogP contribution in [0.25, 0.3) is 10.8 Å². The Kier molecular flexibility index (Phi) is 2.05. The molecule has 0 saturated carbocycles. The summed E-state index contributed by atoms with van der Waals surface area (Å²) >= 11 is 5.05. The Balaban J connectivity index is 2.79. The van der Waals surface area contributed by atoms with Gasteiger partial charge in [-0.25, -0.2) is 0 Å². The minimum atomic E-state index is 0.696. The summed E-state index contributed by atoms with van der Waals surface area (Å²) in [5, 5.41) is 2.56. The average Bonchev–Trinajstić information content (AvgIpc) is 2.17. The highest BCUT2D eigenvalue weighted by molar-refractivity contribution is 7.79. The molecule has 0 spiro atoms. The van der Waals surface area contributed by atoms with Gasteiger partial charge in [0.2, 0.25) is 0 Å². The monoisotopic (exact) mass is 173 g/mol. The van der Waals surface area contributed by atoms with Crippen molar-refractivity contribution in [1.29, 1.82) is 0 Å². The first-order valence-electron chi connectivity index (χ1n) is 3.96. The van der Waals surface area contributed by atoms with E-state index in [1.54, 1.807) is 0 Å². The van der Waals surface area contributed by atoms with Crippen molar-refractivity contribution >= 4 is 23.4 Å². The standard InChI is InChI=1S/C11H9S/c12-8-10-6-3-5-9-4-1-2-7-11(9)10/h1-7H,8H2. The molecular formula is C11H9S. The molecule has 1 radical (unpaired) electrons. The molecule has 0 atom stereocenters. The summed E-state index contributed by atoms with van der Waals surface area (Å²) in [5.41, 5.74) is 1.25. The molecular weight excluding hydrogens is 164 g/mol. The molecule has 0 nitrogen and oxygen atoms in total. The highest BCUT2D eigenvalue weighted by atomic mass is 32.1. The molecule has 0 aromatic heterocycles. The molecule has 0 fully saturated rings. The Labute approximate surface area is 77.6 Å². The number of benzene rings is 2. The van der Waals surface area contributed by atoms with E-state index in [9.17, 15) is 0 Å². The topological polar surface area (TPSA) is 0 Å². The summed E-state index contributed by atoms with van der Waals surface area (Å²) in [6.45, 7) is 0. The fraction of sp³-hybridized carbons (Fsp3) is 0.0909. The van der Waals surface area contributed by atoms with E-state index in [0.717, 1.165) is 0 Å². The van der Waals surface area contributed by atoms with Crippen LogP contribution in [0.5, 0.6) is 0 Å². The molecule has 0 N–H and O–H groups in total. The van der Waals surface area contributed by atoms with Gasteiger partial charge in [0.1, 0.15) is 0 Å². The second-order valence-corrected chi connectivity index (χ2v) is 3.07. The Morgan fingerprint density at radius 2 is 1.67 bits per heavy atom. The van der Waals surface area contributed by atoms with Gasteiger partial charge in [-0.2, -0.15) is 0 Å². The Bertz CT molecular complexity index is 388. The van der Waals surface area contributed by atoms with E-state index in [1.165, 1.54) is 16.3 Å². The number of hydrogen-bond acceptors (Lipinski definition) is 0. The van der Waals surface area contributed by atoms with Crippen molar-refractivity contribution in [3.05, 3.63) is 48.0 Å². The van der Waals surface area contributed by atoms with E-state index >= 15 is 0 Å². The lowest BCUT2D eigenvalue weighted by molar-refractivity contribution is 1.48. The summed E-state index contributed by atoms with van der Waals surface area (Å²) in [7, 11) is 0. The molecule has 59 valence electrons. The van der Waals surface area contributed by atoms with Crippen molar-refractivity contribution in [3.8, 4) is 0 Å². The first-order valence-corrected chi connectivity index (χ1v) is 4.54. The third kappa shape index (κ3) is 1.21. The summed E-state index contributed by atoms with van der Waals surface area (Å²) < 4.78 is 0. The van der Waals surface area contributed by atoms with Crippen molar-refractivity contribution in [3.63, 3.8) is 0 Å². The average molecular weight is 173 g/mol. The minimum absolute atomic E-state index is 0.696. The molecule has 2 aromatic carbocycles. The van der Waals surface area contributed by atoms with E-state index < -0.39 is 0 Å². The van der Waals surface area contributed by atoms with Crippen LogP contribution in [0, 0.1) is 0 Å². The van der Waals surface area contributed by atoms with Crippen molar-refractivity contribution in [2.75, 3.05) is 0 Å². The molecule has 0 aliphatic carbocycles. The molecule has 0 heterocycles. The summed E-state index contributed by atoms with van der Waals surface area (Å²) in [4.78, 5) is 0. The third-order valence-electron chi connectivity index (χ3n) is 2.04. The van der Waals surface area contributed by atoms with Gasteiger partial charge in [-0.1, -0.05) is 55.1 Å². The van der Waals surface area contributed by atoms with Gasteiger partial charge in [-0.15, -0.1) is 0 Å². The maximum atomic E-state index is 5.05. The summed E-state index contributed by atoms with van der Waals surface area (Å²) in [6.07, 6.45) is 0. The van der Waals surface area contributed by atoms with Crippen LogP contribution in [0.15, 0.2) is 42.5 Å². The molecule has 0 aliphatic rings. The van der Waals surface area contributed by atoms with E-state index in [0.29, 0.717) is 5.75 Å². The maximum Gasteiger partial charge on any atom is 0.0295 e. The Hall–Kier alpha value is -0.950. The number of rotatable bonds is 1. The van der Waals surface area contributed by atoms with Crippen molar-refractivity contribution in [2.45, 2.75) is 5.75 Å². The van der Waals surface area contributed by atoms with Crippen LogP contribution in [0.4, 0.5) is 0 Å². The molecule has 2 aromatic rings. The van der Waals surface area contributed by atoms with Gasteiger partial charge in [-0.05, 0) is 16.3 Å². The van der Waals surface area contributed by atoms with Gasteiger partial charge in [0.15, 0.2) is 0 Å². The zero-order chi connectivity index (χ0) is 8.39. The van der Waals surface area contributed by atoms with Gasteiger partial charge in [-0.3, -0.25) is 0 Å².